The number of aryl methyl sites for hydroxylation is 1. The summed E-state index contributed by atoms with van der Waals surface area (Å²) in [7, 11) is 0. The van der Waals surface area contributed by atoms with Crippen LogP contribution in [0.3, 0.4) is 0 Å². The normalized spacial score (nSPS) is 16.5. The highest BCUT2D eigenvalue weighted by molar-refractivity contribution is 6.11. The van der Waals surface area contributed by atoms with Gasteiger partial charge in [0.15, 0.2) is 6.10 Å². The van der Waals surface area contributed by atoms with Gasteiger partial charge in [-0.1, -0.05) is 24.6 Å². The third-order valence-corrected chi connectivity index (χ3v) is 4.24. The van der Waals surface area contributed by atoms with Crippen LogP contribution in [-0.2, 0) is 9.53 Å². The first-order valence-corrected chi connectivity index (χ1v) is 7.40. The number of para-hydroxylation sites is 1. The molecule has 1 saturated carbocycles. The quantitative estimate of drug-likeness (QED) is 0.692. The maximum atomic E-state index is 12.6. The van der Waals surface area contributed by atoms with Gasteiger partial charge in [-0.2, -0.15) is 0 Å². The number of rotatable bonds is 4. The molecule has 2 aromatic rings. The minimum absolute atomic E-state index is 0.00989. The SMILES string of the molecule is Cc1[nH]c2ccccc2c1C(=O)[C@H](C)OC(=O)C1CCC1. The average molecular weight is 285 g/mol. The third kappa shape index (κ3) is 2.46. The Morgan fingerprint density at radius 3 is 2.67 bits per heavy atom. The minimum atomic E-state index is -0.740. The summed E-state index contributed by atoms with van der Waals surface area (Å²) in [4.78, 5) is 27.7. The number of esters is 1. The van der Waals surface area contributed by atoms with E-state index in [0.717, 1.165) is 35.9 Å². The van der Waals surface area contributed by atoms with Crippen LogP contribution in [0, 0.1) is 12.8 Å². The summed E-state index contributed by atoms with van der Waals surface area (Å²) in [5, 5.41) is 0.881. The number of H-pyrrole nitrogens is 1. The third-order valence-electron chi connectivity index (χ3n) is 4.24. The molecule has 3 rings (SSSR count). The maximum Gasteiger partial charge on any atom is 0.309 e. The van der Waals surface area contributed by atoms with Crippen LogP contribution >= 0.6 is 0 Å². The van der Waals surface area contributed by atoms with E-state index in [4.69, 9.17) is 4.74 Å². The number of ketones is 1. The van der Waals surface area contributed by atoms with Crippen molar-refractivity contribution in [1.82, 2.24) is 4.98 Å². The molecule has 1 atom stereocenters. The van der Waals surface area contributed by atoms with Crippen molar-refractivity contribution in [1.29, 1.82) is 0 Å². The van der Waals surface area contributed by atoms with E-state index < -0.39 is 6.10 Å². The highest BCUT2D eigenvalue weighted by atomic mass is 16.5. The lowest BCUT2D eigenvalue weighted by Crippen LogP contribution is -2.31. The van der Waals surface area contributed by atoms with Crippen LogP contribution in [0.2, 0.25) is 0 Å². The first-order chi connectivity index (χ1) is 10.1. The number of nitrogens with one attached hydrogen (secondary N) is 1. The lowest BCUT2D eigenvalue weighted by molar-refractivity contribution is -0.154. The van der Waals surface area contributed by atoms with E-state index in [0.29, 0.717) is 5.56 Å². The second kappa shape index (κ2) is 5.35. The first kappa shape index (κ1) is 13.9. The fourth-order valence-electron chi connectivity index (χ4n) is 2.77. The van der Waals surface area contributed by atoms with E-state index in [-0.39, 0.29) is 17.7 Å². The molecule has 0 radical (unpaired) electrons. The van der Waals surface area contributed by atoms with Gasteiger partial charge in [-0.3, -0.25) is 9.59 Å². The number of hydrogen-bond donors (Lipinski definition) is 1. The van der Waals surface area contributed by atoms with Crippen LogP contribution in [0.1, 0.15) is 42.2 Å². The standard InChI is InChI=1S/C17H19NO3/c1-10-15(13-8-3-4-9-14(13)18-10)16(19)11(2)21-17(20)12-6-5-7-12/h3-4,8-9,11-12,18H,5-7H2,1-2H3/t11-/m0/s1. The van der Waals surface area contributed by atoms with Crippen LogP contribution in [0.5, 0.6) is 0 Å². The average Bonchev–Trinajstić information content (AvgIpc) is 2.71. The maximum absolute atomic E-state index is 12.6. The Labute approximate surface area is 123 Å². The Kier molecular flexibility index (Phi) is 3.53. The van der Waals surface area contributed by atoms with E-state index in [2.05, 4.69) is 4.98 Å². The van der Waals surface area contributed by atoms with Gasteiger partial charge in [0.2, 0.25) is 5.78 Å². The molecule has 0 aliphatic heterocycles. The summed E-state index contributed by atoms with van der Waals surface area (Å²) in [5.74, 6) is -0.387. The van der Waals surface area contributed by atoms with Gasteiger partial charge in [0.25, 0.3) is 0 Å². The lowest BCUT2D eigenvalue weighted by Gasteiger charge is -2.24. The van der Waals surface area contributed by atoms with E-state index in [1.807, 2.05) is 31.2 Å². The predicted octanol–water partition coefficient (Wildman–Crippen LogP) is 3.39. The van der Waals surface area contributed by atoms with Crippen LogP contribution in [0.4, 0.5) is 0 Å². The van der Waals surface area contributed by atoms with Gasteiger partial charge in [0.1, 0.15) is 0 Å². The number of benzene rings is 1. The molecular weight excluding hydrogens is 266 g/mol. The molecular formula is C17H19NO3. The largest absolute Gasteiger partial charge is 0.454 e. The Hall–Kier alpha value is -2.10. The summed E-state index contributed by atoms with van der Waals surface area (Å²) in [5.41, 5.74) is 2.36. The molecule has 1 aliphatic rings. The van der Waals surface area contributed by atoms with Crippen molar-refractivity contribution in [3.8, 4) is 0 Å². The summed E-state index contributed by atoms with van der Waals surface area (Å²) in [6.07, 6.45) is 2.09. The molecule has 1 aromatic carbocycles. The Bertz CT molecular complexity index is 697. The lowest BCUT2D eigenvalue weighted by atomic mass is 9.85. The van der Waals surface area contributed by atoms with Gasteiger partial charge in [-0.05, 0) is 32.8 Å². The molecule has 0 amide bonds. The molecule has 0 spiro atoms. The first-order valence-electron chi connectivity index (χ1n) is 7.40. The van der Waals surface area contributed by atoms with Crippen molar-refractivity contribution in [2.24, 2.45) is 5.92 Å². The molecule has 110 valence electrons. The molecule has 21 heavy (non-hydrogen) atoms. The fraction of sp³-hybridized carbons (Fsp3) is 0.412. The molecule has 1 aromatic heterocycles. The number of carbonyl (C=O) groups excluding carboxylic acids is 2. The number of fused-ring (bicyclic) bond motifs is 1. The number of ether oxygens (including phenoxy) is 1. The molecule has 0 unspecified atom stereocenters. The molecule has 1 aliphatic carbocycles. The van der Waals surface area contributed by atoms with Crippen LogP contribution in [-0.4, -0.2) is 22.8 Å². The summed E-state index contributed by atoms with van der Waals surface area (Å²) >= 11 is 0. The van der Waals surface area contributed by atoms with Crippen molar-refractivity contribution in [2.75, 3.05) is 0 Å². The Morgan fingerprint density at radius 2 is 2.00 bits per heavy atom. The Balaban J connectivity index is 1.82. The number of aromatic nitrogens is 1. The molecule has 4 nitrogen and oxygen atoms in total. The van der Waals surface area contributed by atoms with Crippen LogP contribution < -0.4 is 0 Å². The van der Waals surface area contributed by atoms with E-state index in [1.54, 1.807) is 6.92 Å². The number of carbonyl (C=O) groups is 2. The van der Waals surface area contributed by atoms with Crippen LogP contribution in [0.25, 0.3) is 10.9 Å². The second-order valence-corrected chi connectivity index (χ2v) is 5.74. The van der Waals surface area contributed by atoms with Gasteiger partial charge in [0.05, 0.1) is 5.92 Å². The monoisotopic (exact) mass is 285 g/mol. The van der Waals surface area contributed by atoms with Crippen molar-refractivity contribution in [2.45, 2.75) is 39.2 Å². The van der Waals surface area contributed by atoms with Crippen molar-refractivity contribution < 1.29 is 14.3 Å². The van der Waals surface area contributed by atoms with E-state index >= 15 is 0 Å². The van der Waals surface area contributed by atoms with Crippen LogP contribution in [0.15, 0.2) is 24.3 Å². The molecule has 0 bridgehead atoms. The zero-order chi connectivity index (χ0) is 15.0. The fourth-order valence-corrected chi connectivity index (χ4v) is 2.77. The highest BCUT2D eigenvalue weighted by Crippen LogP contribution is 2.29. The van der Waals surface area contributed by atoms with Crippen molar-refractivity contribution in [3.63, 3.8) is 0 Å². The number of aromatic amines is 1. The van der Waals surface area contributed by atoms with Crippen molar-refractivity contribution >= 4 is 22.7 Å². The zero-order valence-corrected chi connectivity index (χ0v) is 12.3. The smallest absolute Gasteiger partial charge is 0.309 e. The summed E-state index contributed by atoms with van der Waals surface area (Å²) in [6, 6.07) is 7.67. The highest BCUT2D eigenvalue weighted by Gasteiger charge is 2.30. The van der Waals surface area contributed by atoms with Gasteiger partial charge < -0.3 is 9.72 Å². The van der Waals surface area contributed by atoms with E-state index in [9.17, 15) is 9.59 Å². The summed E-state index contributed by atoms with van der Waals surface area (Å²) < 4.78 is 5.34. The van der Waals surface area contributed by atoms with Crippen molar-refractivity contribution in [3.05, 3.63) is 35.5 Å². The van der Waals surface area contributed by atoms with Gasteiger partial charge in [-0.25, -0.2) is 0 Å². The number of Topliss-reactive ketones (excluding diaryl/α,β-unsaturated/α-hetero) is 1. The zero-order valence-electron chi connectivity index (χ0n) is 12.3. The van der Waals surface area contributed by atoms with Gasteiger partial charge in [-0.15, -0.1) is 0 Å². The minimum Gasteiger partial charge on any atom is -0.454 e. The van der Waals surface area contributed by atoms with Gasteiger partial charge >= 0.3 is 5.97 Å². The summed E-state index contributed by atoms with van der Waals surface area (Å²) in [6.45, 7) is 3.52. The Morgan fingerprint density at radius 1 is 1.29 bits per heavy atom. The molecule has 1 N–H and O–H groups in total. The molecule has 1 fully saturated rings. The molecule has 0 saturated heterocycles. The molecule has 1 heterocycles. The number of hydrogen-bond acceptors (Lipinski definition) is 3. The van der Waals surface area contributed by atoms with Gasteiger partial charge in [0, 0.05) is 22.2 Å². The van der Waals surface area contributed by atoms with E-state index in [1.165, 1.54) is 0 Å². The second-order valence-electron chi connectivity index (χ2n) is 5.74. The molecule has 4 heteroatoms. The topological polar surface area (TPSA) is 59.2 Å². The predicted molar refractivity (Wildman–Crippen MR) is 80.3 cm³/mol.